The van der Waals surface area contributed by atoms with Crippen LogP contribution in [0.2, 0.25) is 25.7 Å². The van der Waals surface area contributed by atoms with Gasteiger partial charge in [-0.2, -0.15) is 0 Å². The molecule has 0 spiro atoms. The number of pyridine rings is 1. The number of anilines is 1. The van der Waals surface area contributed by atoms with E-state index in [2.05, 4.69) is 34.8 Å². The van der Waals surface area contributed by atoms with Crippen molar-refractivity contribution in [2.45, 2.75) is 56.8 Å². The number of methoxy groups -OCH3 is 3. The maximum absolute atomic E-state index is 14.5. The number of rotatable bonds is 13. The highest BCUT2D eigenvalue weighted by molar-refractivity contribution is 7.93. The van der Waals surface area contributed by atoms with Gasteiger partial charge in [0.25, 0.3) is 0 Å². The number of nitrogens with zero attached hydrogens (tertiary/aromatic N) is 5. The van der Waals surface area contributed by atoms with E-state index in [0.717, 1.165) is 0 Å². The third kappa shape index (κ3) is 7.14. The Bertz CT molecular complexity index is 1470. The van der Waals surface area contributed by atoms with Gasteiger partial charge < -0.3 is 24.1 Å². The Kier molecular flexibility index (Phi) is 10.4. The van der Waals surface area contributed by atoms with Gasteiger partial charge in [-0.25, -0.2) is 17.7 Å². The minimum Gasteiger partial charge on any atom is -0.494 e. The third-order valence-electron chi connectivity index (χ3n) is 7.73. The highest BCUT2D eigenvalue weighted by atomic mass is 32.2. The summed E-state index contributed by atoms with van der Waals surface area (Å²) >= 11 is 0. The van der Waals surface area contributed by atoms with Crippen LogP contribution in [-0.4, -0.2) is 93.8 Å². The zero-order chi connectivity index (χ0) is 31.4. The molecule has 236 valence electrons. The molecule has 14 heteroatoms. The quantitative estimate of drug-likeness (QED) is 0.275. The average molecular weight is 634 g/mol. The van der Waals surface area contributed by atoms with Gasteiger partial charge in [-0.05, 0) is 49.9 Å². The van der Waals surface area contributed by atoms with Crippen molar-refractivity contribution in [1.82, 2.24) is 19.7 Å². The van der Waals surface area contributed by atoms with Gasteiger partial charge in [-0.3, -0.25) is 4.57 Å². The van der Waals surface area contributed by atoms with E-state index in [0.29, 0.717) is 60.9 Å². The molecule has 0 bridgehead atoms. The van der Waals surface area contributed by atoms with Gasteiger partial charge in [0.1, 0.15) is 28.1 Å². The SMILES string of the molecule is COc1cccc(-c2nnc(N(CC[Si](C)(C)C)S(=O)(=O)[C@@H](C)C(O)C3CCOCC3)n2-c2c(OC)cccc2OC)n1. The largest absolute Gasteiger partial charge is 0.494 e. The van der Waals surface area contributed by atoms with E-state index in [1.54, 1.807) is 47.9 Å². The Labute approximate surface area is 255 Å². The average Bonchev–Trinajstić information content (AvgIpc) is 3.43. The van der Waals surface area contributed by atoms with Crippen LogP contribution in [0.4, 0.5) is 5.95 Å². The summed E-state index contributed by atoms with van der Waals surface area (Å²) in [7, 11) is -1.34. The van der Waals surface area contributed by atoms with Gasteiger partial charge in [-0.15, -0.1) is 10.2 Å². The highest BCUT2D eigenvalue weighted by Gasteiger charge is 2.41. The molecule has 0 amide bonds. The van der Waals surface area contributed by atoms with Gasteiger partial charge in [0.05, 0.1) is 27.4 Å². The van der Waals surface area contributed by atoms with Crippen molar-refractivity contribution in [3.63, 3.8) is 0 Å². The molecular weight excluding hydrogens is 591 g/mol. The summed E-state index contributed by atoms with van der Waals surface area (Å²) in [6, 6.07) is 11.2. The minimum absolute atomic E-state index is 0.0479. The lowest BCUT2D eigenvalue weighted by Gasteiger charge is -2.34. The molecule has 0 saturated carbocycles. The Morgan fingerprint density at radius 3 is 2.23 bits per heavy atom. The predicted octanol–water partition coefficient (Wildman–Crippen LogP) is 4.01. The van der Waals surface area contributed by atoms with Crippen LogP contribution < -0.4 is 18.5 Å². The Balaban J connectivity index is 1.96. The molecule has 1 fully saturated rings. The van der Waals surface area contributed by atoms with E-state index in [1.807, 2.05) is 0 Å². The van der Waals surface area contributed by atoms with Crippen molar-refractivity contribution in [2.75, 3.05) is 45.4 Å². The van der Waals surface area contributed by atoms with E-state index in [9.17, 15) is 13.5 Å². The molecule has 1 aliphatic rings. The Hall–Kier alpha value is -3.20. The van der Waals surface area contributed by atoms with Gasteiger partial charge in [-0.1, -0.05) is 31.8 Å². The highest BCUT2D eigenvalue weighted by Crippen LogP contribution is 2.39. The summed E-state index contributed by atoms with van der Waals surface area (Å²) < 4.78 is 54.3. The molecule has 1 unspecified atom stereocenters. The lowest BCUT2D eigenvalue weighted by molar-refractivity contribution is 0.00812. The number of hydrogen-bond donors (Lipinski definition) is 1. The third-order valence-corrected chi connectivity index (χ3v) is 11.6. The molecule has 12 nitrogen and oxygen atoms in total. The number of hydrogen-bond acceptors (Lipinski definition) is 10. The van der Waals surface area contributed by atoms with Crippen molar-refractivity contribution in [3.8, 4) is 34.6 Å². The molecule has 4 rings (SSSR count). The second-order valence-electron chi connectivity index (χ2n) is 11.8. The molecule has 1 aromatic carbocycles. The van der Waals surface area contributed by atoms with Crippen LogP contribution in [0.1, 0.15) is 19.8 Å². The van der Waals surface area contributed by atoms with E-state index in [4.69, 9.17) is 18.9 Å². The van der Waals surface area contributed by atoms with Crippen molar-refractivity contribution >= 4 is 24.0 Å². The van der Waals surface area contributed by atoms with Crippen LogP contribution in [0.25, 0.3) is 17.2 Å². The first-order valence-corrected chi connectivity index (χ1v) is 19.6. The lowest BCUT2D eigenvalue weighted by atomic mass is 9.92. The monoisotopic (exact) mass is 633 g/mol. The fourth-order valence-corrected chi connectivity index (χ4v) is 7.83. The molecule has 1 N–H and O–H groups in total. The van der Waals surface area contributed by atoms with E-state index >= 15 is 0 Å². The summed E-state index contributed by atoms with van der Waals surface area (Å²) in [4.78, 5) is 4.56. The van der Waals surface area contributed by atoms with Gasteiger partial charge in [0.2, 0.25) is 21.9 Å². The number of aromatic nitrogens is 4. The first kappa shape index (κ1) is 32.7. The number of para-hydroxylation sites is 1. The topological polar surface area (TPSA) is 138 Å². The summed E-state index contributed by atoms with van der Waals surface area (Å²) in [5, 5.41) is 19.2. The standard InChI is InChI=1S/C29H43N5O7SSi/c1-20(27(35)21-14-17-41-18-15-21)42(36,37)33(16-19-43(5,6)7)29-32-31-28(22-10-8-13-25(30-22)40-4)34(29)26-23(38-2)11-9-12-24(26)39-3/h8-13,20-21,27,35H,14-19H2,1-7H3/t20-,27?/m0/s1. The molecule has 2 atom stereocenters. The van der Waals surface area contributed by atoms with E-state index < -0.39 is 29.5 Å². The molecule has 2 aromatic heterocycles. The summed E-state index contributed by atoms with van der Waals surface area (Å²) in [5.74, 6) is 1.32. The molecule has 3 heterocycles. The van der Waals surface area contributed by atoms with Crippen molar-refractivity contribution < 1.29 is 32.5 Å². The smallest absolute Gasteiger partial charge is 0.246 e. The van der Waals surface area contributed by atoms with Gasteiger partial charge in [0, 0.05) is 33.9 Å². The lowest BCUT2D eigenvalue weighted by Crippen LogP contribution is -2.48. The predicted molar refractivity (Wildman–Crippen MR) is 168 cm³/mol. The fraction of sp³-hybridized carbons (Fsp3) is 0.552. The van der Waals surface area contributed by atoms with Crippen LogP contribution in [0, 0.1) is 5.92 Å². The van der Waals surface area contributed by atoms with E-state index in [1.165, 1.54) is 25.6 Å². The number of ether oxygens (including phenoxy) is 4. The summed E-state index contributed by atoms with van der Waals surface area (Å²) in [5.41, 5.74) is 0.821. The first-order valence-electron chi connectivity index (χ1n) is 14.4. The second kappa shape index (κ2) is 13.6. The molecule has 0 radical (unpaired) electrons. The maximum Gasteiger partial charge on any atom is 0.246 e. The van der Waals surface area contributed by atoms with Gasteiger partial charge in [0.15, 0.2) is 5.82 Å². The number of aliphatic hydroxyl groups excluding tert-OH is 1. The second-order valence-corrected chi connectivity index (χ2v) is 19.6. The van der Waals surface area contributed by atoms with Crippen molar-refractivity contribution in [1.29, 1.82) is 0 Å². The van der Waals surface area contributed by atoms with Crippen LogP contribution in [0.5, 0.6) is 17.4 Å². The van der Waals surface area contributed by atoms with Crippen LogP contribution in [0.15, 0.2) is 36.4 Å². The molecule has 1 aliphatic heterocycles. The van der Waals surface area contributed by atoms with Crippen molar-refractivity contribution in [2.24, 2.45) is 5.92 Å². The first-order chi connectivity index (χ1) is 20.4. The summed E-state index contributed by atoms with van der Waals surface area (Å²) in [6.07, 6.45) is 0.104. The van der Waals surface area contributed by atoms with Crippen LogP contribution in [-0.2, 0) is 14.8 Å². The maximum atomic E-state index is 14.5. The zero-order valence-electron chi connectivity index (χ0n) is 26.0. The van der Waals surface area contributed by atoms with Gasteiger partial charge >= 0.3 is 0 Å². The van der Waals surface area contributed by atoms with Crippen LogP contribution in [0.3, 0.4) is 0 Å². The molecule has 1 saturated heterocycles. The number of aliphatic hydroxyl groups is 1. The van der Waals surface area contributed by atoms with E-state index in [-0.39, 0.29) is 24.2 Å². The van der Waals surface area contributed by atoms with Crippen molar-refractivity contribution in [3.05, 3.63) is 36.4 Å². The number of benzene rings is 1. The zero-order valence-corrected chi connectivity index (χ0v) is 27.8. The minimum atomic E-state index is -4.16. The Morgan fingerprint density at radius 1 is 1.02 bits per heavy atom. The van der Waals surface area contributed by atoms with Crippen LogP contribution >= 0.6 is 0 Å². The molecule has 3 aromatic rings. The normalized spacial score (nSPS) is 16.0. The fourth-order valence-electron chi connectivity index (χ4n) is 5.11. The Morgan fingerprint density at radius 2 is 1.65 bits per heavy atom. The molecule has 0 aliphatic carbocycles. The molecular formula is C29H43N5O7SSi. The number of sulfonamides is 1. The summed E-state index contributed by atoms with van der Waals surface area (Å²) in [6.45, 7) is 9.24. The molecule has 43 heavy (non-hydrogen) atoms.